The van der Waals surface area contributed by atoms with E-state index < -0.39 is 9.84 Å². The number of alkyl halides is 1. The summed E-state index contributed by atoms with van der Waals surface area (Å²) < 4.78 is 25.2. The molecule has 21 heavy (non-hydrogen) atoms. The summed E-state index contributed by atoms with van der Waals surface area (Å²) in [5, 5.41) is 0.535. The first-order valence-electron chi connectivity index (χ1n) is 6.75. The van der Waals surface area contributed by atoms with Crippen LogP contribution in [0.5, 0.6) is 0 Å². The quantitative estimate of drug-likeness (QED) is 0.796. The van der Waals surface area contributed by atoms with Crippen LogP contribution in [0.3, 0.4) is 0 Å². The van der Waals surface area contributed by atoms with Gasteiger partial charge in [-0.2, -0.15) is 0 Å². The van der Waals surface area contributed by atoms with E-state index in [-0.39, 0.29) is 17.4 Å². The van der Waals surface area contributed by atoms with E-state index in [1.807, 2.05) is 4.57 Å². The zero-order chi connectivity index (χ0) is 15.0. The topological polar surface area (TPSA) is 64.8 Å². The maximum Gasteiger partial charge on any atom is 0.160 e. The first kappa shape index (κ1) is 15.1. The van der Waals surface area contributed by atoms with Crippen molar-refractivity contribution in [3.8, 4) is 0 Å². The summed E-state index contributed by atoms with van der Waals surface area (Å²) in [5.74, 6) is 1.91. The third-order valence-corrected chi connectivity index (χ3v) is 5.95. The van der Waals surface area contributed by atoms with Crippen molar-refractivity contribution in [2.24, 2.45) is 5.92 Å². The Bertz CT molecular complexity index is 773. The van der Waals surface area contributed by atoms with Gasteiger partial charge in [0.15, 0.2) is 15.5 Å². The van der Waals surface area contributed by atoms with Gasteiger partial charge in [0.2, 0.25) is 0 Å². The number of halogens is 2. The summed E-state index contributed by atoms with van der Waals surface area (Å²) in [7, 11) is -2.89. The molecule has 0 N–H and O–H groups in total. The lowest BCUT2D eigenvalue weighted by Gasteiger charge is -2.12. The molecule has 5 nitrogen and oxygen atoms in total. The molecule has 1 fully saturated rings. The monoisotopic (exact) mass is 347 g/mol. The highest BCUT2D eigenvalue weighted by atomic mass is 35.5. The van der Waals surface area contributed by atoms with E-state index in [2.05, 4.69) is 9.97 Å². The highest BCUT2D eigenvalue weighted by Crippen LogP contribution is 2.24. The molecule has 1 aliphatic rings. The molecule has 0 bridgehead atoms. The standard InChI is InChI=1S/C13H15Cl2N3O2S/c14-3-1-12-17-11-5-10(15)6-16-13(11)18(12)7-9-2-4-21(19,20)8-9/h5-6,9H,1-4,7-8H2. The molecule has 1 aliphatic heterocycles. The van der Waals surface area contributed by atoms with Crippen LogP contribution in [-0.4, -0.2) is 40.3 Å². The number of sulfone groups is 1. The molecular weight excluding hydrogens is 333 g/mol. The molecule has 1 atom stereocenters. The molecule has 0 aromatic carbocycles. The van der Waals surface area contributed by atoms with E-state index in [9.17, 15) is 8.42 Å². The lowest BCUT2D eigenvalue weighted by atomic mass is 10.1. The average molecular weight is 348 g/mol. The van der Waals surface area contributed by atoms with E-state index >= 15 is 0 Å². The van der Waals surface area contributed by atoms with Crippen molar-refractivity contribution in [1.82, 2.24) is 14.5 Å². The molecule has 1 unspecified atom stereocenters. The van der Waals surface area contributed by atoms with Crippen molar-refractivity contribution in [3.05, 3.63) is 23.1 Å². The number of aryl methyl sites for hydroxylation is 1. The summed E-state index contributed by atoms with van der Waals surface area (Å²) in [5.41, 5.74) is 1.47. The molecule has 2 aromatic heterocycles. The molecule has 3 rings (SSSR count). The van der Waals surface area contributed by atoms with Crippen LogP contribution in [0.15, 0.2) is 12.3 Å². The predicted octanol–water partition coefficient (Wildman–Crippen LogP) is 2.30. The van der Waals surface area contributed by atoms with E-state index in [0.717, 1.165) is 17.0 Å². The summed E-state index contributed by atoms with van der Waals surface area (Å²) >= 11 is 11.8. The number of hydrogen-bond donors (Lipinski definition) is 0. The second-order valence-electron chi connectivity index (χ2n) is 5.34. The predicted molar refractivity (Wildman–Crippen MR) is 83.7 cm³/mol. The lowest BCUT2D eigenvalue weighted by molar-refractivity contribution is 0.486. The molecule has 2 aromatic rings. The number of pyridine rings is 1. The van der Waals surface area contributed by atoms with Crippen LogP contribution >= 0.6 is 23.2 Å². The van der Waals surface area contributed by atoms with E-state index in [0.29, 0.717) is 30.3 Å². The second kappa shape index (κ2) is 5.74. The van der Waals surface area contributed by atoms with Gasteiger partial charge < -0.3 is 4.57 Å². The number of rotatable bonds is 4. The van der Waals surface area contributed by atoms with Crippen molar-refractivity contribution in [1.29, 1.82) is 0 Å². The summed E-state index contributed by atoms with van der Waals surface area (Å²) in [4.78, 5) is 8.86. The van der Waals surface area contributed by atoms with Gasteiger partial charge in [0.1, 0.15) is 11.3 Å². The Morgan fingerprint density at radius 3 is 2.90 bits per heavy atom. The second-order valence-corrected chi connectivity index (χ2v) is 8.39. The van der Waals surface area contributed by atoms with E-state index in [1.54, 1.807) is 12.3 Å². The van der Waals surface area contributed by atoms with Gasteiger partial charge in [0.05, 0.1) is 16.5 Å². The molecule has 0 saturated carbocycles. The van der Waals surface area contributed by atoms with Gasteiger partial charge in [-0.25, -0.2) is 18.4 Å². The van der Waals surface area contributed by atoms with E-state index in [1.165, 1.54) is 0 Å². The molecule has 0 spiro atoms. The summed E-state index contributed by atoms with van der Waals surface area (Å²) in [6.07, 6.45) is 2.89. The van der Waals surface area contributed by atoms with Gasteiger partial charge in [-0.1, -0.05) is 11.6 Å². The molecule has 0 aliphatic carbocycles. The van der Waals surface area contributed by atoms with Crippen molar-refractivity contribution < 1.29 is 8.42 Å². The molecular formula is C13H15Cl2N3O2S. The smallest absolute Gasteiger partial charge is 0.160 e. The van der Waals surface area contributed by atoms with Crippen LogP contribution in [0.4, 0.5) is 0 Å². The Hall–Kier alpha value is -0.850. The minimum Gasteiger partial charge on any atom is -0.312 e. The Morgan fingerprint density at radius 1 is 1.43 bits per heavy atom. The number of aromatic nitrogens is 3. The molecule has 114 valence electrons. The number of fused-ring (bicyclic) bond motifs is 1. The third kappa shape index (κ3) is 3.17. The Labute approximate surface area is 133 Å². The molecule has 8 heteroatoms. The summed E-state index contributed by atoms with van der Waals surface area (Å²) in [6, 6.07) is 1.77. The van der Waals surface area contributed by atoms with Crippen LogP contribution in [0.2, 0.25) is 5.02 Å². The maximum atomic E-state index is 11.6. The zero-order valence-corrected chi connectivity index (χ0v) is 13.6. The first-order valence-corrected chi connectivity index (χ1v) is 9.49. The number of nitrogens with zero attached hydrogens (tertiary/aromatic N) is 3. The molecule has 1 saturated heterocycles. The average Bonchev–Trinajstić information content (AvgIpc) is 2.91. The van der Waals surface area contributed by atoms with Gasteiger partial charge in [0.25, 0.3) is 0 Å². The van der Waals surface area contributed by atoms with Crippen LogP contribution in [0.1, 0.15) is 12.2 Å². The van der Waals surface area contributed by atoms with Crippen LogP contribution in [0.25, 0.3) is 11.2 Å². The van der Waals surface area contributed by atoms with Crippen molar-refractivity contribution in [2.75, 3.05) is 17.4 Å². The fraction of sp³-hybridized carbons (Fsp3) is 0.538. The lowest BCUT2D eigenvalue weighted by Crippen LogP contribution is -2.15. The molecule has 0 radical (unpaired) electrons. The van der Waals surface area contributed by atoms with Gasteiger partial charge in [-0.3, -0.25) is 0 Å². The minimum atomic E-state index is -2.89. The minimum absolute atomic E-state index is 0.110. The van der Waals surface area contributed by atoms with Crippen molar-refractivity contribution in [2.45, 2.75) is 19.4 Å². The van der Waals surface area contributed by atoms with Gasteiger partial charge in [-0.05, 0) is 18.4 Å². The Balaban J connectivity index is 1.97. The highest BCUT2D eigenvalue weighted by molar-refractivity contribution is 7.91. The normalized spacial score (nSPS) is 21.1. The molecule has 0 amide bonds. The van der Waals surface area contributed by atoms with Gasteiger partial charge in [-0.15, -0.1) is 11.6 Å². The van der Waals surface area contributed by atoms with Crippen molar-refractivity contribution in [3.63, 3.8) is 0 Å². The summed E-state index contributed by atoms with van der Waals surface area (Å²) in [6.45, 7) is 0.608. The van der Waals surface area contributed by atoms with Crippen LogP contribution in [0, 0.1) is 5.92 Å². The highest BCUT2D eigenvalue weighted by Gasteiger charge is 2.29. The maximum absolute atomic E-state index is 11.6. The fourth-order valence-corrected chi connectivity index (χ4v) is 4.95. The van der Waals surface area contributed by atoms with Crippen LogP contribution < -0.4 is 0 Å². The third-order valence-electron chi connectivity index (χ3n) is 3.72. The van der Waals surface area contributed by atoms with Gasteiger partial charge in [0, 0.05) is 25.0 Å². The fourth-order valence-electron chi connectivity index (χ4n) is 2.77. The van der Waals surface area contributed by atoms with Crippen LogP contribution in [-0.2, 0) is 22.8 Å². The number of hydrogen-bond acceptors (Lipinski definition) is 4. The van der Waals surface area contributed by atoms with Gasteiger partial charge >= 0.3 is 0 Å². The molecule has 3 heterocycles. The Kier molecular flexibility index (Phi) is 4.12. The van der Waals surface area contributed by atoms with Crippen molar-refractivity contribution >= 4 is 44.2 Å². The largest absolute Gasteiger partial charge is 0.312 e. The first-order chi connectivity index (χ1) is 9.98. The number of imidazole rings is 1. The Morgan fingerprint density at radius 2 is 2.24 bits per heavy atom. The van der Waals surface area contributed by atoms with E-state index in [4.69, 9.17) is 23.2 Å². The SMILES string of the molecule is O=S1(=O)CCC(Cn2c(CCCl)nc3cc(Cl)cnc32)C1. The zero-order valence-electron chi connectivity index (χ0n) is 11.3.